The average molecular weight is 191 g/mol. The molecular formula is C11H13NO2. The maximum absolute atomic E-state index is 11.3. The van der Waals surface area contributed by atoms with Crippen LogP contribution in [0.5, 0.6) is 0 Å². The van der Waals surface area contributed by atoms with Crippen LogP contribution in [0.1, 0.15) is 24.8 Å². The Bertz CT molecular complexity index is 323. The van der Waals surface area contributed by atoms with E-state index in [2.05, 4.69) is 4.98 Å². The lowest BCUT2D eigenvalue weighted by atomic mass is 10.1. The number of nitrogens with zero attached hydrogens (tertiary/aromatic N) is 1. The van der Waals surface area contributed by atoms with Crippen LogP contribution < -0.4 is 0 Å². The number of pyridine rings is 1. The van der Waals surface area contributed by atoms with Crippen molar-refractivity contribution in [3.8, 4) is 0 Å². The van der Waals surface area contributed by atoms with Crippen molar-refractivity contribution in [2.45, 2.75) is 19.3 Å². The van der Waals surface area contributed by atoms with E-state index >= 15 is 0 Å². The first-order chi connectivity index (χ1) is 6.83. The lowest BCUT2D eigenvalue weighted by Crippen LogP contribution is -2.07. The molecule has 0 radical (unpaired) electrons. The highest BCUT2D eigenvalue weighted by Gasteiger charge is 2.45. The van der Waals surface area contributed by atoms with E-state index in [1.54, 1.807) is 6.20 Å². The normalized spacial score (nSPS) is 24.4. The minimum atomic E-state index is -0.0682. The molecule has 1 aliphatic carbocycles. The third kappa shape index (κ3) is 1.76. The van der Waals surface area contributed by atoms with E-state index in [0.717, 1.165) is 12.0 Å². The Morgan fingerprint density at radius 2 is 2.57 bits per heavy atom. The molecule has 14 heavy (non-hydrogen) atoms. The second-order valence-electron chi connectivity index (χ2n) is 3.49. The summed E-state index contributed by atoms with van der Waals surface area (Å²) in [5.74, 6) is 0.336. The van der Waals surface area contributed by atoms with Gasteiger partial charge in [0.1, 0.15) is 0 Å². The van der Waals surface area contributed by atoms with Gasteiger partial charge in [-0.3, -0.25) is 9.78 Å². The third-order valence-corrected chi connectivity index (χ3v) is 2.49. The monoisotopic (exact) mass is 191 g/mol. The molecule has 0 aliphatic heterocycles. The van der Waals surface area contributed by atoms with Crippen molar-refractivity contribution in [3.05, 3.63) is 30.1 Å². The van der Waals surface area contributed by atoms with Gasteiger partial charge in [-0.15, -0.1) is 0 Å². The number of ether oxygens (including phenoxy) is 1. The van der Waals surface area contributed by atoms with E-state index in [1.807, 2.05) is 25.3 Å². The van der Waals surface area contributed by atoms with E-state index in [0.29, 0.717) is 12.5 Å². The van der Waals surface area contributed by atoms with Gasteiger partial charge in [0, 0.05) is 12.4 Å². The SMILES string of the molecule is CCOC(=O)[C@H]1CC1c1cccnc1. The molecule has 3 nitrogen and oxygen atoms in total. The van der Waals surface area contributed by atoms with Crippen LogP contribution in [-0.2, 0) is 9.53 Å². The van der Waals surface area contributed by atoms with Gasteiger partial charge in [-0.2, -0.15) is 0 Å². The summed E-state index contributed by atoms with van der Waals surface area (Å²) in [6, 6.07) is 3.91. The fourth-order valence-corrected chi connectivity index (χ4v) is 1.67. The fraction of sp³-hybridized carbons (Fsp3) is 0.455. The molecule has 74 valence electrons. The van der Waals surface area contributed by atoms with Crippen molar-refractivity contribution in [1.29, 1.82) is 0 Å². The Morgan fingerprint density at radius 3 is 3.21 bits per heavy atom. The first-order valence-electron chi connectivity index (χ1n) is 4.89. The Balaban J connectivity index is 1.96. The first kappa shape index (κ1) is 9.19. The average Bonchev–Trinajstić information content (AvgIpc) is 2.99. The summed E-state index contributed by atoms with van der Waals surface area (Å²) >= 11 is 0. The zero-order valence-corrected chi connectivity index (χ0v) is 8.14. The lowest BCUT2D eigenvalue weighted by Gasteiger charge is -2.00. The minimum absolute atomic E-state index is 0.0682. The number of hydrogen-bond donors (Lipinski definition) is 0. The molecule has 1 aliphatic rings. The summed E-state index contributed by atoms with van der Waals surface area (Å²) in [6.07, 6.45) is 4.47. The maximum atomic E-state index is 11.3. The third-order valence-electron chi connectivity index (χ3n) is 2.49. The number of rotatable bonds is 3. The smallest absolute Gasteiger partial charge is 0.309 e. The molecule has 2 rings (SSSR count). The van der Waals surface area contributed by atoms with Gasteiger partial charge in [0.25, 0.3) is 0 Å². The van der Waals surface area contributed by atoms with Gasteiger partial charge in [-0.1, -0.05) is 6.07 Å². The summed E-state index contributed by atoms with van der Waals surface area (Å²) in [5.41, 5.74) is 1.14. The molecule has 3 heteroatoms. The fourth-order valence-electron chi connectivity index (χ4n) is 1.67. The van der Waals surface area contributed by atoms with E-state index in [1.165, 1.54) is 0 Å². The van der Waals surface area contributed by atoms with Gasteiger partial charge in [0.05, 0.1) is 12.5 Å². The molecule has 1 aromatic rings. The van der Waals surface area contributed by atoms with Crippen LogP contribution in [0, 0.1) is 5.92 Å². The number of hydrogen-bond acceptors (Lipinski definition) is 3. The minimum Gasteiger partial charge on any atom is -0.466 e. The van der Waals surface area contributed by atoms with Crippen LogP contribution in [0.15, 0.2) is 24.5 Å². The Hall–Kier alpha value is -1.38. The van der Waals surface area contributed by atoms with Crippen LogP contribution in [0.3, 0.4) is 0 Å². The lowest BCUT2D eigenvalue weighted by molar-refractivity contribution is -0.144. The van der Waals surface area contributed by atoms with Crippen molar-refractivity contribution in [2.24, 2.45) is 5.92 Å². The van der Waals surface area contributed by atoms with E-state index in [4.69, 9.17) is 4.74 Å². The second kappa shape index (κ2) is 3.78. The van der Waals surface area contributed by atoms with Crippen molar-refractivity contribution < 1.29 is 9.53 Å². The van der Waals surface area contributed by atoms with Gasteiger partial charge in [-0.25, -0.2) is 0 Å². The molecular weight excluding hydrogens is 178 g/mol. The summed E-state index contributed by atoms with van der Waals surface area (Å²) < 4.78 is 4.96. The van der Waals surface area contributed by atoms with Crippen molar-refractivity contribution in [1.82, 2.24) is 4.98 Å². The highest BCUT2D eigenvalue weighted by atomic mass is 16.5. The van der Waals surface area contributed by atoms with Crippen LogP contribution in [0.4, 0.5) is 0 Å². The van der Waals surface area contributed by atoms with Crippen LogP contribution >= 0.6 is 0 Å². The molecule has 1 fully saturated rings. The molecule has 1 heterocycles. The topological polar surface area (TPSA) is 39.2 Å². The Labute approximate surface area is 83.1 Å². The largest absolute Gasteiger partial charge is 0.466 e. The molecule has 0 bridgehead atoms. The van der Waals surface area contributed by atoms with Crippen LogP contribution in [0.2, 0.25) is 0 Å². The second-order valence-corrected chi connectivity index (χ2v) is 3.49. The molecule has 1 unspecified atom stereocenters. The first-order valence-corrected chi connectivity index (χ1v) is 4.89. The Kier molecular flexibility index (Phi) is 2.48. The van der Waals surface area contributed by atoms with Gasteiger partial charge in [-0.05, 0) is 30.9 Å². The van der Waals surface area contributed by atoms with E-state index in [9.17, 15) is 4.79 Å². The predicted molar refractivity (Wildman–Crippen MR) is 51.7 cm³/mol. The molecule has 0 amide bonds. The van der Waals surface area contributed by atoms with Gasteiger partial charge in [0.15, 0.2) is 0 Å². The Morgan fingerprint density at radius 1 is 1.71 bits per heavy atom. The highest BCUT2D eigenvalue weighted by molar-refractivity contribution is 5.77. The number of carbonyl (C=O) groups excluding carboxylic acids is 1. The van der Waals surface area contributed by atoms with E-state index in [-0.39, 0.29) is 11.9 Å². The van der Waals surface area contributed by atoms with E-state index < -0.39 is 0 Å². The summed E-state index contributed by atoms with van der Waals surface area (Å²) in [4.78, 5) is 15.4. The number of esters is 1. The highest BCUT2D eigenvalue weighted by Crippen LogP contribution is 2.47. The number of carbonyl (C=O) groups is 1. The van der Waals surface area contributed by atoms with Crippen LogP contribution in [-0.4, -0.2) is 17.6 Å². The standard InChI is InChI=1S/C11H13NO2/c1-2-14-11(13)10-6-9(10)8-4-3-5-12-7-8/h3-5,7,9-10H,2,6H2,1H3/t9?,10-/m0/s1. The number of aromatic nitrogens is 1. The molecule has 0 N–H and O–H groups in total. The van der Waals surface area contributed by atoms with Crippen molar-refractivity contribution >= 4 is 5.97 Å². The molecule has 2 atom stereocenters. The van der Waals surface area contributed by atoms with Gasteiger partial charge >= 0.3 is 5.97 Å². The van der Waals surface area contributed by atoms with Gasteiger partial charge in [0.2, 0.25) is 0 Å². The van der Waals surface area contributed by atoms with Crippen LogP contribution in [0.25, 0.3) is 0 Å². The molecule has 1 aromatic heterocycles. The molecule has 0 spiro atoms. The quantitative estimate of drug-likeness (QED) is 0.683. The predicted octanol–water partition coefficient (Wildman–Crippen LogP) is 1.75. The molecule has 0 aromatic carbocycles. The summed E-state index contributed by atoms with van der Waals surface area (Å²) in [7, 11) is 0. The molecule has 0 saturated heterocycles. The van der Waals surface area contributed by atoms with Crippen molar-refractivity contribution in [3.63, 3.8) is 0 Å². The van der Waals surface area contributed by atoms with Gasteiger partial charge < -0.3 is 4.74 Å². The summed E-state index contributed by atoms with van der Waals surface area (Å²) in [6.45, 7) is 2.30. The maximum Gasteiger partial charge on any atom is 0.309 e. The zero-order chi connectivity index (χ0) is 9.97. The summed E-state index contributed by atoms with van der Waals surface area (Å²) in [5, 5.41) is 0. The zero-order valence-electron chi connectivity index (χ0n) is 8.14. The van der Waals surface area contributed by atoms with Crippen molar-refractivity contribution in [2.75, 3.05) is 6.61 Å². The molecule has 1 saturated carbocycles.